The zero-order chi connectivity index (χ0) is 19.7. The molecule has 0 spiro atoms. The van der Waals surface area contributed by atoms with Crippen molar-refractivity contribution in [2.24, 2.45) is 0 Å². The highest BCUT2D eigenvalue weighted by Crippen LogP contribution is 2.27. The van der Waals surface area contributed by atoms with Crippen LogP contribution in [0.15, 0.2) is 42.5 Å². The van der Waals surface area contributed by atoms with E-state index in [-0.39, 0.29) is 36.3 Å². The summed E-state index contributed by atoms with van der Waals surface area (Å²) >= 11 is 0. The Hall–Kier alpha value is -3.20. The van der Waals surface area contributed by atoms with Crippen LogP contribution in [0.5, 0.6) is 0 Å². The average molecular weight is 388 g/mol. The first kappa shape index (κ1) is 18.2. The molecule has 0 saturated heterocycles. The van der Waals surface area contributed by atoms with Gasteiger partial charge in [0.15, 0.2) is 5.69 Å². The summed E-state index contributed by atoms with van der Waals surface area (Å²) in [5.74, 6) is -2.30. The van der Waals surface area contributed by atoms with Crippen LogP contribution in [0.25, 0.3) is 0 Å². The van der Waals surface area contributed by atoms with Crippen molar-refractivity contribution in [3.05, 3.63) is 82.4 Å². The zero-order valence-corrected chi connectivity index (χ0v) is 14.5. The van der Waals surface area contributed by atoms with E-state index in [1.165, 1.54) is 18.2 Å². The molecule has 3 aromatic rings. The van der Waals surface area contributed by atoms with Gasteiger partial charge in [-0.3, -0.25) is 4.79 Å². The molecule has 1 aliphatic rings. The molecule has 4 rings (SSSR count). The fourth-order valence-corrected chi connectivity index (χ4v) is 2.99. The zero-order valence-electron chi connectivity index (χ0n) is 14.5. The Morgan fingerprint density at radius 2 is 1.89 bits per heavy atom. The van der Waals surface area contributed by atoms with Gasteiger partial charge in [-0.15, -0.1) is 5.10 Å². The van der Waals surface area contributed by atoms with E-state index in [9.17, 15) is 18.0 Å². The van der Waals surface area contributed by atoms with E-state index in [1.54, 1.807) is 16.8 Å². The lowest BCUT2D eigenvalue weighted by molar-refractivity contribution is -0.00180. The first-order valence-corrected chi connectivity index (χ1v) is 8.53. The molecule has 1 aliphatic heterocycles. The Balaban J connectivity index is 1.45. The Labute approximate surface area is 157 Å². The Morgan fingerprint density at radius 3 is 2.64 bits per heavy atom. The van der Waals surface area contributed by atoms with Crippen LogP contribution >= 0.6 is 0 Å². The van der Waals surface area contributed by atoms with Gasteiger partial charge in [-0.2, -0.15) is 0 Å². The van der Waals surface area contributed by atoms with Gasteiger partial charge < -0.3 is 10.1 Å². The molecule has 0 aliphatic carbocycles. The van der Waals surface area contributed by atoms with Crippen molar-refractivity contribution in [2.45, 2.75) is 25.8 Å². The Kier molecular flexibility index (Phi) is 4.82. The predicted molar refractivity (Wildman–Crippen MR) is 91.5 cm³/mol. The van der Waals surface area contributed by atoms with Gasteiger partial charge in [-0.1, -0.05) is 23.4 Å². The standard InChI is InChI=1S/C19H15F3N4O2/c20-13-4-1-11(2-5-13)17-9-26-16(10-28-17)18(24-25-26)19(27)23-8-12-3-6-14(21)7-15(12)22/h1-7,17H,8-10H2,(H,23,27)/t17-/m0/s1. The molecule has 144 valence electrons. The molecule has 2 heterocycles. The summed E-state index contributed by atoms with van der Waals surface area (Å²) in [6.07, 6.45) is -0.334. The van der Waals surface area contributed by atoms with E-state index in [0.717, 1.165) is 17.7 Å². The van der Waals surface area contributed by atoms with E-state index in [1.807, 2.05) is 0 Å². The highest BCUT2D eigenvalue weighted by molar-refractivity contribution is 5.93. The topological polar surface area (TPSA) is 69.0 Å². The van der Waals surface area contributed by atoms with E-state index < -0.39 is 17.5 Å². The van der Waals surface area contributed by atoms with Crippen molar-refractivity contribution < 1.29 is 22.7 Å². The van der Waals surface area contributed by atoms with Crippen molar-refractivity contribution in [3.63, 3.8) is 0 Å². The number of carbonyl (C=O) groups is 1. The summed E-state index contributed by atoms with van der Waals surface area (Å²) in [4.78, 5) is 12.4. The molecule has 9 heteroatoms. The number of rotatable bonds is 4. The average Bonchev–Trinajstić information content (AvgIpc) is 3.11. The number of hydrogen-bond acceptors (Lipinski definition) is 4. The molecular weight excluding hydrogens is 373 g/mol. The van der Waals surface area contributed by atoms with Gasteiger partial charge in [0.1, 0.15) is 23.6 Å². The van der Waals surface area contributed by atoms with Gasteiger partial charge >= 0.3 is 0 Å². The number of hydrogen-bond donors (Lipinski definition) is 1. The number of amides is 1. The molecule has 0 bridgehead atoms. The SMILES string of the molecule is O=C(NCc1ccc(F)cc1F)c1nnn2c1CO[C@H](c1ccc(F)cc1)C2. The molecule has 0 fully saturated rings. The lowest BCUT2D eigenvalue weighted by atomic mass is 10.1. The Morgan fingerprint density at radius 1 is 1.14 bits per heavy atom. The number of ether oxygens (including phenoxy) is 1. The third-order valence-electron chi connectivity index (χ3n) is 4.51. The van der Waals surface area contributed by atoms with E-state index in [0.29, 0.717) is 12.2 Å². The van der Waals surface area contributed by atoms with Gasteiger partial charge in [-0.05, 0) is 23.8 Å². The molecule has 0 radical (unpaired) electrons. The highest BCUT2D eigenvalue weighted by atomic mass is 19.1. The minimum atomic E-state index is -0.740. The first-order chi connectivity index (χ1) is 13.5. The fourth-order valence-electron chi connectivity index (χ4n) is 2.99. The molecule has 1 amide bonds. The third kappa shape index (κ3) is 3.61. The smallest absolute Gasteiger partial charge is 0.274 e. The van der Waals surface area contributed by atoms with Crippen molar-refractivity contribution in [1.29, 1.82) is 0 Å². The summed E-state index contributed by atoms with van der Waals surface area (Å²) in [6.45, 7) is 0.312. The maximum absolute atomic E-state index is 13.7. The minimum Gasteiger partial charge on any atom is -0.365 e. The summed E-state index contributed by atoms with van der Waals surface area (Å²) < 4.78 is 47.0. The third-order valence-corrected chi connectivity index (χ3v) is 4.51. The largest absolute Gasteiger partial charge is 0.365 e. The Bertz CT molecular complexity index is 1020. The maximum Gasteiger partial charge on any atom is 0.274 e. The number of aromatic nitrogens is 3. The lowest BCUT2D eigenvalue weighted by Gasteiger charge is -2.24. The summed E-state index contributed by atoms with van der Waals surface area (Å²) in [5, 5.41) is 10.4. The van der Waals surface area contributed by atoms with Crippen LogP contribution in [-0.4, -0.2) is 20.9 Å². The van der Waals surface area contributed by atoms with Crippen molar-refractivity contribution in [3.8, 4) is 0 Å². The molecule has 1 atom stereocenters. The fraction of sp³-hybridized carbons (Fsp3) is 0.211. The quantitative estimate of drug-likeness (QED) is 0.746. The van der Waals surface area contributed by atoms with E-state index in [2.05, 4.69) is 15.6 Å². The van der Waals surface area contributed by atoms with Crippen LogP contribution in [0.3, 0.4) is 0 Å². The molecule has 1 N–H and O–H groups in total. The van der Waals surface area contributed by atoms with Crippen LogP contribution in [0, 0.1) is 17.5 Å². The minimum absolute atomic E-state index is 0.0834. The molecular formula is C19H15F3N4O2. The maximum atomic E-state index is 13.7. The second kappa shape index (κ2) is 7.43. The van der Waals surface area contributed by atoms with Gasteiger partial charge in [0, 0.05) is 18.2 Å². The molecule has 2 aromatic carbocycles. The van der Waals surface area contributed by atoms with E-state index >= 15 is 0 Å². The van der Waals surface area contributed by atoms with Crippen molar-refractivity contribution in [2.75, 3.05) is 0 Å². The number of nitrogens with zero attached hydrogens (tertiary/aromatic N) is 3. The predicted octanol–water partition coefficient (Wildman–Crippen LogP) is 2.90. The second-order valence-corrected chi connectivity index (χ2v) is 6.34. The monoisotopic (exact) mass is 388 g/mol. The van der Waals surface area contributed by atoms with Crippen LogP contribution in [0.4, 0.5) is 13.2 Å². The molecule has 28 heavy (non-hydrogen) atoms. The molecule has 0 saturated carbocycles. The summed E-state index contributed by atoms with van der Waals surface area (Å²) in [6, 6.07) is 9.10. The number of carbonyl (C=O) groups excluding carboxylic acids is 1. The van der Waals surface area contributed by atoms with Crippen molar-refractivity contribution in [1.82, 2.24) is 20.3 Å². The highest BCUT2D eigenvalue weighted by Gasteiger charge is 2.27. The van der Waals surface area contributed by atoms with E-state index in [4.69, 9.17) is 4.74 Å². The number of nitrogens with one attached hydrogen (secondary N) is 1. The van der Waals surface area contributed by atoms with Crippen molar-refractivity contribution >= 4 is 5.91 Å². The normalized spacial score (nSPS) is 15.9. The molecule has 0 unspecified atom stereocenters. The molecule has 6 nitrogen and oxygen atoms in total. The van der Waals surface area contributed by atoms with Crippen LogP contribution in [0.1, 0.15) is 33.4 Å². The number of halogens is 3. The first-order valence-electron chi connectivity index (χ1n) is 8.53. The summed E-state index contributed by atoms with van der Waals surface area (Å²) in [5.41, 5.74) is 1.53. The van der Waals surface area contributed by atoms with Crippen LogP contribution in [-0.2, 0) is 24.4 Å². The number of fused-ring (bicyclic) bond motifs is 1. The van der Waals surface area contributed by atoms with Gasteiger partial charge in [-0.25, -0.2) is 17.9 Å². The lowest BCUT2D eigenvalue weighted by Crippen LogP contribution is -2.27. The van der Waals surface area contributed by atoms with Gasteiger partial charge in [0.2, 0.25) is 0 Å². The number of benzene rings is 2. The second-order valence-electron chi connectivity index (χ2n) is 6.34. The van der Waals surface area contributed by atoms with Gasteiger partial charge in [0.25, 0.3) is 5.91 Å². The molecule has 1 aromatic heterocycles. The van der Waals surface area contributed by atoms with Gasteiger partial charge in [0.05, 0.1) is 18.8 Å². The van der Waals surface area contributed by atoms with Crippen LogP contribution < -0.4 is 5.32 Å². The van der Waals surface area contributed by atoms with Crippen LogP contribution in [0.2, 0.25) is 0 Å². The summed E-state index contributed by atoms with van der Waals surface area (Å²) in [7, 11) is 0.